The van der Waals surface area contributed by atoms with Crippen LogP contribution in [0, 0.1) is 0 Å². The van der Waals surface area contributed by atoms with Gasteiger partial charge in [-0.15, -0.1) is 0 Å². The Morgan fingerprint density at radius 3 is 2.86 bits per heavy atom. The van der Waals surface area contributed by atoms with Crippen molar-refractivity contribution in [1.82, 2.24) is 10.5 Å². The largest absolute Gasteiger partial charge is 0.382 e. The van der Waals surface area contributed by atoms with Crippen LogP contribution in [0.25, 0.3) is 0 Å². The van der Waals surface area contributed by atoms with E-state index in [0.29, 0.717) is 18.4 Å². The molecule has 1 aromatic rings. The van der Waals surface area contributed by atoms with E-state index in [1.165, 1.54) is 0 Å². The summed E-state index contributed by atoms with van der Waals surface area (Å²) in [6.45, 7) is 8.94. The average Bonchev–Trinajstić information content (AvgIpc) is 2.95. The molecule has 0 amide bonds. The summed E-state index contributed by atoms with van der Waals surface area (Å²) in [5.74, 6) is 1.63. The molecule has 0 spiro atoms. The summed E-state index contributed by atoms with van der Waals surface area (Å²) < 4.78 is 10.5. The van der Waals surface area contributed by atoms with Crippen LogP contribution in [0.2, 0.25) is 0 Å². The van der Waals surface area contributed by atoms with Gasteiger partial charge in [-0.3, -0.25) is 0 Å². The molecule has 0 saturated carbocycles. The number of nitrogens with two attached hydrogens (primary N) is 1. The highest BCUT2D eigenvalue weighted by Crippen LogP contribution is 2.22. The number of nitrogens with zero attached hydrogens (tertiary/aromatic N) is 2. The van der Waals surface area contributed by atoms with Crippen LogP contribution in [0.3, 0.4) is 0 Å². The van der Waals surface area contributed by atoms with Crippen molar-refractivity contribution in [1.29, 1.82) is 0 Å². The number of hydrogen-bond acceptors (Lipinski definition) is 4. The molecule has 0 aromatic carbocycles. The fourth-order valence-electron chi connectivity index (χ4n) is 2.06. The highest BCUT2D eigenvalue weighted by molar-refractivity contribution is 5.77. The predicted octanol–water partition coefficient (Wildman–Crippen LogP) is 2.41. The number of rotatable bonds is 10. The quantitative estimate of drug-likeness (QED) is 0.393. The van der Waals surface area contributed by atoms with Gasteiger partial charge < -0.3 is 20.3 Å². The Morgan fingerprint density at radius 2 is 2.19 bits per heavy atom. The fourth-order valence-corrected chi connectivity index (χ4v) is 2.06. The van der Waals surface area contributed by atoms with Gasteiger partial charge in [0.1, 0.15) is 6.54 Å². The van der Waals surface area contributed by atoms with E-state index in [4.69, 9.17) is 15.0 Å². The molecule has 0 bridgehead atoms. The molecule has 1 aromatic heterocycles. The third-order valence-corrected chi connectivity index (χ3v) is 3.36. The molecule has 0 aliphatic heterocycles. The van der Waals surface area contributed by atoms with Gasteiger partial charge >= 0.3 is 0 Å². The van der Waals surface area contributed by atoms with Gasteiger partial charge in [-0.2, -0.15) is 0 Å². The van der Waals surface area contributed by atoms with Gasteiger partial charge in [0, 0.05) is 31.7 Å². The van der Waals surface area contributed by atoms with Crippen LogP contribution >= 0.6 is 0 Å². The molecule has 0 radical (unpaired) electrons. The zero-order chi connectivity index (χ0) is 15.5. The second-order valence-corrected chi connectivity index (χ2v) is 4.91. The molecule has 0 saturated heterocycles. The zero-order valence-electron chi connectivity index (χ0n) is 13.4. The number of nitrogens with one attached hydrogen (secondary N) is 1. The van der Waals surface area contributed by atoms with Crippen LogP contribution in [-0.2, 0) is 11.3 Å². The van der Waals surface area contributed by atoms with Crippen LogP contribution in [-0.4, -0.2) is 30.9 Å². The lowest BCUT2D eigenvalue weighted by molar-refractivity contribution is 0.145. The Hall–Kier alpha value is -1.56. The average molecular weight is 296 g/mol. The molecule has 0 aliphatic rings. The lowest BCUT2D eigenvalue weighted by atomic mass is 9.99. The molecule has 120 valence electrons. The molecule has 3 N–H and O–H groups in total. The van der Waals surface area contributed by atoms with Gasteiger partial charge in [0.05, 0.1) is 5.69 Å². The van der Waals surface area contributed by atoms with Gasteiger partial charge in [0.15, 0.2) is 11.7 Å². The summed E-state index contributed by atoms with van der Waals surface area (Å²) in [6, 6.07) is 1.98. The van der Waals surface area contributed by atoms with E-state index in [9.17, 15) is 0 Å². The highest BCUT2D eigenvalue weighted by atomic mass is 16.5. The van der Waals surface area contributed by atoms with Gasteiger partial charge in [0.25, 0.3) is 0 Å². The van der Waals surface area contributed by atoms with E-state index in [-0.39, 0.29) is 0 Å². The van der Waals surface area contributed by atoms with Crippen molar-refractivity contribution in [2.45, 2.75) is 52.5 Å². The molecular weight excluding hydrogens is 268 g/mol. The molecule has 6 heteroatoms. The Labute approximate surface area is 127 Å². The molecule has 0 unspecified atom stereocenters. The van der Waals surface area contributed by atoms with Crippen molar-refractivity contribution in [3.05, 3.63) is 17.5 Å². The first-order valence-electron chi connectivity index (χ1n) is 7.78. The van der Waals surface area contributed by atoms with Crippen molar-refractivity contribution in [3.8, 4) is 0 Å². The summed E-state index contributed by atoms with van der Waals surface area (Å²) in [5, 5.41) is 7.16. The standard InChI is InChI=1S/C15H28N4O2/c1-4-12(5-2)14-10-13(21-19-14)11-18-15(16)17-8-7-9-20-6-3/h10,12H,4-9,11H2,1-3H3,(H3,16,17,18). The second kappa shape index (κ2) is 10.2. The van der Waals surface area contributed by atoms with E-state index >= 15 is 0 Å². The third kappa shape index (κ3) is 6.62. The molecule has 1 heterocycles. The van der Waals surface area contributed by atoms with E-state index in [0.717, 1.165) is 50.5 Å². The first-order chi connectivity index (χ1) is 10.2. The lowest BCUT2D eigenvalue weighted by Crippen LogP contribution is -2.32. The van der Waals surface area contributed by atoms with Gasteiger partial charge in [-0.05, 0) is 26.2 Å². The van der Waals surface area contributed by atoms with E-state index in [1.54, 1.807) is 0 Å². The minimum Gasteiger partial charge on any atom is -0.382 e. The summed E-state index contributed by atoms with van der Waals surface area (Å²) in [7, 11) is 0. The summed E-state index contributed by atoms with van der Waals surface area (Å²) >= 11 is 0. The van der Waals surface area contributed by atoms with Crippen LogP contribution < -0.4 is 11.1 Å². The molecule has 0 atom stereocenters. The predicted molar refractivity (Wildman–Crippen MR) is 84.3 cm³/mol. The first-order valence-corrected chi connectivity index (χ1v) is 7.78. The number of guanidine groups is 1. The Balaban J connectivity index is 2.34. The van der Waals surface area contributed by atoms with E-state index < -0.39 is 0 Å². The molecule has 6 nitrogen and oxygen atoms in total. The van der Waals surface area contributed by atoms with Crippen molar-refractivity contribution in [3.63, 3.8) is 0 Å². The maximum Gasteiger partial charge on any atom is 0.189 e. The van der Waals surface area contributed by atoms with Gasteiger partial charge in [0.2, 0.25) is 0 Å². The van der Waals surface area contributed by atoms with Crippen molar-refractivity contribution < 1.29 is 9.26 Å². The molecule has 0 aliphatic carbocycles. The van der Waals surface area contributed by atoms with Gasteiger partial charge in [-0.1, -0.05) is 19.0 Å². The van der Waals surface area contributed by atoms with Crippen LogP contribution in [0.5, 0.6) is 0 Å². The van der Waals surface area contributed by atoms with Crippen LogP contribution in [0.1, 0.15) is 57.4 Å². The number of ether oxygens (including phenoxy) is 1. The lowest BCUT2D eigenvalue weighted by Gasteiger charge is -2.06. The summed E-state index contributed by atoms with van der Waals surface area (Å²) in [4.78, 5) is 4.25. The SMILES string of the molecule is CCOCCCNC(N)=NCc1cc(C(CC)CC)no1. The summed E-state index contributed by atoms with van der Waals surface area (Å²) in [5.41, 5.74) is 6.80. The topological polar surface area (TPSA) is 85.7 Å². The van der Waals surface area contributed by atoms with Crippen LogP contribution in [0.4, 0.5) is 0 Å². The maximum absolute atomic E-state index is 5.79. The molecule has 1 rings (SSSR count). The zero-order valence-corrected chi connectivity index (χ0v) is 13.4. The van der Waals surface area contributed by atoms with Crippen molar-refractivity contribution in [2.75, 3.05) is 19.8 Å². The number of aromatic nitrogens is 1. The molecular formula is C15H28N4O2. The summed E-state index contributed by atoms with van der Waals surface area (Å²) in [6.07, 6.45) is 3.04. The first kappa shape index (κ1) is 17.5. The molecule has 21 heavy (non-hydrogen) atoms. The minimum atomic E-state index is 0.414. The molecule has 0 fully saturated rings. The van der Waals surface area contributed by atoms with Crippen molar-refractivity contribution in [2.24, 2.45) is 10.7 Å². The third-order valence-electron chi connectivity index (χ3n) is 3.36. The Morgan fingerprint density at radius 1 is 1.43 bits per heavy atom. The van der Waals surface area contributed by atoms with Gasteiger partial charge in [-0.25, -0.2) is 4.99 Å². The second-order valence-electron chi connectivity index (χ2n) is 4.91. The number of aliphatic imine (C=N–C) groups is 1. The Kier molecular flexibility index (Phi) is 8.50. The van der Waals surface area contributed by atoms with E-state index in [2.05, 4.69) is 29.3 Å². The minimum absolute atomic E-state index is 0.414. The monoisotopic (exact) mass is 296 g/mol. The highest BCUT2D eigenvalue weighted by Gasteiger charge is 2.12. The smallest absolute Gasteiger partial charge is 0.189 e. The van der Waals surface area contributed by atoms with Crippen LogP contribution in [0.15, 0.2) is 15.6 Å². The van der Waals surface area contributed by atoms with Crippen molar-refractivity contribution >= 4 is 5.96 Å². The maximum atomic E-state index is 5.79. The number of hydrogen-bond donors (Lipinski definition) is 2. The fraction of sp³-hybridized carbons (Fsp3) is 0.733. The Bertz CT molecular complexity index is 414. The normalized spacial score (nSPS) is 12.1. The van der Waals surface area contributed by atoms with E-state index in [1.807, 2.05) is 13.0 Å².